The van der Waals surface area contributed by atoms with E-state index in [4.69, 9.17) is 6.42 Å². The number of nitro benzene ring substituents is 1. The SMILES string of the molecule is C#CC(C)(C)Nc1cc(C)c([N+](=O)[O-])cc1Br. The van der Waals surface area contributed by atoms with Crippen LogP contribution in [0.1, 0.15) is 19.4 Å². The summed E-state index contributed by atoms with van der Waals surface area (Å²) in [5.74, 6) is 2.61. The van der Waals surface area contributed by atoms with Gasteiger partial charge in [-0.3, -0.25) is 10.1 Å². The summed E-state index contributed by atoms with van der Waals surface area (Å²) >= 11 is 3.30. The van der Waals surface area contributed by atoms with Crippen molar-refractivity contribution in [1.82, 2.24) is 0 Å². The first-order valence-corrected chi connectivity index (χ1v) is 5.76. The molecule has 0 unspecified atom stereocenters. The summed E-state index contributed by atoms with van der Waals surface area (Å²) in [6.45, 7) is 5.41. The number of hydrogen-bond acceptors (Lipinski definition) is 3. The first kappa shape index (κ1) is 13.5. The molecule has 1 rings (SSSR count). The summed E-state index contributed by atoms with van der Waals surface area (Å²) in [4.78, 5) is 10.4. The Balaban J connectivity index is 3.18. The molecule has 1 aromatic rings. The highest BCUT2D eigenvalue weighted by Crippen LogP contribution is 2.32. The van der Waals surface area contributed by atoms with Crippen molar-refractivity contribution in [2.24, 2.45) is 0 Å². The fourth-order valence-electron chi connectivity index (χ4n) is 1.34. The molecule has 0 aliphatic carbocycles. The Hall–Kier alpha value is -1.54. The zero-order chi connectivity index (χ0) is 13.2. The second-order valence-electron chi connectivity index (χ2n) is 4.27. The van der Waals surface area contributed by atoms with Gasteiger partial charge in [-0.1, -0.05) is 5.92 Å². The Morgan fingerprint density at radius 2 is 2.12 bits per heavy atom. The zero-order valence-electron chi connectivity index (χ0n) is 9.87. The largest absolute Gasteiger partial charge is 0.369 e. The highest BCUT2D eigenvalue weighted by Gasteiger charge is 2.18. The minimum absolute atomic E-state index is 0.0842. The van der Waals surface area contributed by atoms with Gasteiger partial charge in [0.05, 0.1) is 16.1 Å². The summed E-state index contributed by atoms with van der Waals surface area (Å²) in [5, 5.41) is 13.9. The summed E-state index contributed by atoms with van der Waals surface area (Å²) in [6.07, 6.45) is 5.38. The number of nitro groups is 1. The monoisotopic (exact) mass is 296 g/mol. The topological polar surface area (TPSA) is 55.2 Å². The standard InChI is InChI=1S/C12H13BrN2O2/c1-5-12(3,4)14-10-6-8(2)11(15(16)17)7-9(10)13/h1,6-7,14H,2-4H3. The van der Waals surface area contributed by atoms with Crippen LogP contribution in [0.25, 0.3) is 0 Å². The van der Waals surface area contributed by atoms with Gasteiger partial charge in [0.15, 0.2) is 0 Å². The van der Waals surface area contributed by atoms with Crippen LogP contribution in [-0.2, 0) is 0 Å². The maximum absolute atomic E-state index is 10.8. The Morgan fingerprint density at radius 3 is 2.59 bits per heavy atom. The van der Waals surface area contributed by atoms with Crippen molar-refractivity contribution in [1.29, 1.82) is 0 Å². The molecule has 0 aromatic heterocycles. The van der Waals surface area contributed by atoms with Gasteiger partial charge in [0.2, 0.25) is 0 Å². The predicted molar refractivity (Wildman–Crippen MR) is 72.1 cm³/mol. The molecule has 0 aliphatic heterocycles. The summed E-state index contributed by atoms with van der Waals surface area (Å²) in [6, 6.07) is 3.19. The van der Waals surface area contributed by atoms with Crippen LogP contribution >= 0.6 is 15.9 Å². The van der Waals surface area contributed by atoms with Gasteiger partial charge in [-0.05, 0) is 42.8 Å². The Bertz CT molecular complexity index is 504. The average Bonchev–Trinajstić information content (AvgIpc) is 2.22. The molecule has 1 N–H and O–H groups in total. The maximum atomic E-state index is 10.8. The number of anilines is 1. The van der Waals surface area contributed by atoms with Crippen molar-refractivity contribution in [2.75, 3.05) is 5.32 Å². The molecule has 0 bridgehead atoms. The van der Waals surface area contributed by atoms with Crippen LogP contribution in [0.4, 0.5) is 11.4 Å². The summed E-state index contributed by atoms with van der Waals surface area (Å²) < 4.78 is 0.623. The molecule has 17 heavy (non-hydrogen) atoms. The van der Waals surface area contributed by atoms with E-state index in [1.807, 2.05) is 13.8 Å². The molecule has 5 heteroatoms. The van der Waals surface area contributed by atoms with Gasteiger partial charge in [0.25, 0.3) is 5.69 Å². The molecule has 0 spiro atoms. The fraction of sp³-hybridized carbons (Fsp3) is 0.333. The third kappa shape index (κ3) is 3.21. The van der Waals surface area contributed by atoms with E-state index in [-0.39, 0.29) is 5.69 Å². The van der Waals surface area contributed by atoms with E-state index in [1.165, 1.54) is 6.07 Å². The van der Waals surface area contributed by atoms with Crippen molar-refractivity contribution >= 4 is 27.3 Å². The van der Waals surface area contributed by atoms with Crippen LogP contribution in [0.15, 0.2) is 16.6 Å². The predicted octanol–water partition coefficient (Wildman–Crippen LogP) is 3.49. The van der Waals surface area contributed by atoms with Crippen molar-refractivity contribution in [3.8, 4) is 12.3 Å². The number of benzene rings is 1. The van der Waals surface area contributed by atoms with E-state index in [1.54, 1.807) is 13.0 Å². The van der Waals surface area contributed by atoms with Gasteiger partial charge in [-0.25, -0.2) is 0 Å². The molecule has 0 fully saturated rings. The Labute approximate surface area is 109 Å². The molecule has 0 atom stereocenters. The molecule has 0 heterocycles. The van der Waals surface area contributed by atoms with Crippen LogP contribution < -0.4 is 5.32 Å². The first-order chi connectivity index (χ1) is 7.76. The molecule has 1 aromatic carbocycles. The highest BCUT2D eigenvalue weighted by atomic mass is 79.9. The molecular formula is C12H13BrN2O2. The number of terminal acetylenes is 1. The van der Waals surface area contributed by atoms with E-state index < -0.39 is 10.5 Å². The lowest BCUT2D eigenvalue weighted by atomic mass is 10.1. The molecule has 90 valence electrons. The van der Waals surface area contributed by atoms with Gasteiger partial charge in [0.1, 0.15) is 0 Å². The molecule has 0 radical (unpaired) electrons. The second kappa shape index (κ2) is 4.76. The van der Waals surface area contributed by atoms with E-state index in [2.05, 4.69) is 27.2 Å². The Morgan fingerprint density at radius 1 is 1.53 bits per heavy atom. The molecule has 0 saturated heterocycles. The smallest absolute Gasteiger partial charge is 0.273 e. The van der Waals surface area contributed by atoms with Gasteiger partial charge in [-0.15, -0.1) is 6.42 Å². The quantitative estimate of drug-likeness (QED) is 0.528. The second-order valence-corrected chi connectivity index (χ2v) is 5.12. The minimum Gasteiger partial charge on any atom is -0.369 e. The normalized spacial score (nSPS) is 10.8. The third-order valence-electron chi connectivity index (χ3n) is 2.29. The van der Waals surface area contributed by atoms with Crippen LogP contribution in [0, 0.1) is 29.4 Å². The lowest BCUT2D eigenvalue weighted by Crippen LogP contribution is -2.28. The van der Waals surface area contributed by atoms with Gasteiger partial charge < -0.3 is 5.32 Å². The van der Waals surface area contributed by atoms with Crippen LogP contribution in [-0.4, -0.2) is 10.5 Å². The van der Waals surface area contributed by atoms with Crippen molar-refractivity contribution < 1.29 is 4.92 Å². The zero-order valence-corrected chi connectivity index (χ0v) is 11.5. The molecule has 4 nitrogen and oxygen atoms in total. The first-order valence-electron chi connectivity index (χ1n) is 4.97. The van der Waals surface area contributed by atoms with Crippen molar-refractivity contribution in [3.63, 3.8) is 0 Å². The summed E-state index contributed by atoms with van der Waals surface area (Å²) in [5.41, 5.74) is 0.913. The number of nitrogens with one attached hydrogen (secondary N) is 1. The highest BCUT2D eigenvalue weighted by molar-refractivity contribution is 9.10. The summed E-state index contributed by atoms with van der Waals surface area (Å²) in [7, 11) is 0. The Kier molecular flexibility index (Phi) is 3.79. The van der Waals surface area contributed by atoms with Crippen LogP contribution in [0.2, 0.25) is 0 Å². The molecule has 0 aliphatic rings. The van der Waals surface area contributed by atoms with E-state index >= 15 is 0 Å². The molecule has 0 saturated carbocycles. The number of hydrogen-bond donors (Lipinski definition) is 1. The lowest BCUT2D eigenvalue weighted by molar-refractivity contribution is -0.385. The van der Waals surface area contributed by atoms with E-state index in [0.29, 0.717) is 10.0 Å². The minimum atomic E-state index is -0.509. The van der Waals surface area contributed by atoms with E-state index in [0.717, 1.165) is 5.69 Å². The average molecular weight is 297 g/mol. The van der Waals surface area contributed by atoms with Gasteiger partial charge in [-0.2, -0.15) is 0 Å². The number of halogens is 1. The van der Waals surface area contributed by atoms with Crippen LogP contribution in [0.5, 0.6) is 0 Å². The van der Waals surface area contributed by atoms with Crippen molar-refractivity contribution in [2.45, 2.75) is 26.3 Å². The number of rotatable bonds is 3. The van der Waals surface area contributed by atoms with Crippen molar-refractivity contribution in [3.05, 3.63) is 32.3 Å². The van der Waals surface area contributed by atoms with Gasteiger partial charge in [0, 0.05) is 16.1 Å². The third-order valence-corrected chi connectivity index (χ3v) is 2.95. The lowest BCUT2D eigenvalue weighted by Gasteiger charge is -2.22. The number of aryl methyl sites for hydroxylation is 1. The van der Waals surface area contributed by atoms with Gasteiger partial charge >= 0.3 is 0 Å². The number of nitrogens with zero attached hydrogens (tertiary/aromatic N) is 1. The van der Waals surface area contributed by atoms with Crippen LogP contribution in [0.3, 0.4) is 0 Å². The fourth-order valence-corrected chi connectivity index (χ4v) is 1.77. The van der Waals surface area contributed by atoms with E-state index in [9.17, 15) is 10.1 Å². The molecular weight excluding hydrogens is 284 g/mol. The maximum Gasteiger partial charge on any atom is 0.273 e. The molecule has 0 amide bonds.